The van der Waals surface area contributed by atoms with Crippen LogP contribution in [0.15, 0.2) is 34.9 Å². The molecule has 46 heavy (non-hydrogen) atoms. The smallest absolute Gasteiger partial charge is 0.229 e. The molecule has 0 amide bonds. The summed E-state index contributed by atoms with van der Waals surface area (Å²) in [6, 6.07) is 8.55. The van der Waals surface area contributed by atoms with E-state index >= 15 is 0 Å². The third kappa shape index (κ3) is 6.29. The fourth-order valence-corrected chi connectivity index (χ4v) is 8.94. The summed E-state index contributed by atoms with van der Waals surface area (Å²) >= 11 is 3.58. The first kappa shape index (κ1) is 31.5. The number of aryl methyl sites for hydroxylation is 1. The minimum Gasteiger partial charge on any atom is -0.494 e. The summed E-state index contributed by atoms with van der Waals surface area (Å²) in [6.45, 7) is 12.8. The number of halogens is 1. The maximum atomic E-state index is 13.4. The molecule has 0 radical (unpaired) electrons. The molecule has 2 N–H and O–H groups in total. The molecule has 2 unspecified atom stereocenters. The van der Waals surface area contributed by atoms with E-state index in [2.05, 4.69) is 60.4 Å². The van der Waals surface area contributed by atoms with E-state index in [0.29, 0.717) is 58.0 Å². The van der Waals surface area contributed by atoms with Crippen LogP contribution in [0.1, 0.15) is 18.4 Å². The van der Waals surface area contributed by atoms with Crippen LogP contribution in [0.4, 0.5) is 28.8 Å². The van der Waals surface area contributed by atoms with Crippen molar-refractivity contribution < 1.29 is 23.5 Å². The first-order valence-electron chi connectivity index (χ1n) is 16.0. The number of ether oxygens (including phenoxy) is 4. The van der Waals surface area contributed by atoms with Crippen LogP contribution in [0, 0.1) is 18.8 Å². The molecule has 7 rings (SSSR count). The number of aromatic nitrogens is 2. The second-order valence-corrected chi connectivity index (χ2v) is 17.0. The number of hydrogen-bond donors (Lipinski definition) is 2. The van der Waals surface area contributed by atoms with Crippen molar-refractivity contribution in [1.29, 1.82) is 0 Å². The molecule has 246 valence electrons. The number of nitrogens with one attached hydrogen (secondary N) is 2. The molecule has 0 aliphatic carbocycles. The number of benzene rings is 2. The van der Waals surface area contributed by atoms with Gasteiger partial charge in [-0.2, -0.15) is 4.98 Å². The number of methoxy groups -OCH3 is 1. The first-order valence-corrected chi connectivity index (χ1v) is 19.4. The van der Waals surface area contributed by atoms with E-state index in [0.717, 1.165) is 55.1 Å². The Kier molecular flexibility index (Phi) is 8.82. The summed E-state index contributed by atoms with van der Waals surface area (Å²) in [4.78, 5) is 14.5. The van der Waals surface area contributed by atoms with E-state index in [-0.39, 0.29) is 0 Å². The molecule has 0 saturated carbocycles. The minimum absolute atomic E-state index is 0.396. The van der Waals surface area contributed by atoms with Gasteiger partial charge in [0.25, 0.3) is 0 Å². The Bertz CT molecular complexity index is 1650. The van der Waals surface area contributed by atoms with E-state index in [9.17, 15) is 4.57 Å². The molecule has 5 heterocycles. The highest BCUT2D eigenvalue weighted by molar-refractivity contribution is 9.10. The van der Waals surface area contributed by atoms with Gasteiger partial charge < -0.3 is 39.0 Å². The van der Waals surface area contributed by atoms with Crippen molar-refractivity contribution >= 4 is 57.2 Å². The fraction of sp³-hybridized carbons (Fsp3) is 0.515. The van der Waals surface area contributed by atoms with Crippen LogP contribution in [0.5, 0.6) is 17.2 Å². The summed E-state index contributed by atoms with van der Waals surface area (Å²) < 4.78 is 37.3. The van der Waals surface area contributed by atoms with Gasteiger partial charge in [0.15, 0.2) is 11.5 Å². The summed E-state index contributed by atoms with van der Waals surface area (Å²) in [6.07, 6.45) is 4.02. The lowest BCUT2D eigenvalue weighted by molar-refractivity contribution is 0.130. The van der Waals surface area contributed by atoms with Gasteiger partial charge >= 0.3 is 0 Å². The van der Waals surface area contributed by atoms with Crippen molar-refractivity contribution in [3.05, 3.63) is 40.5 Å². The van der Waals surface area contributed by atoms with Gasteiger partial charge in [0, 0.05) is 62.0 Å². The zero-order valence-electron chi connectivity index (χ0n) is 26.8. The second kappa shape index (κ2) is 12.9. The molecule has 0 bridgehead atoms. The van der Waals surface area contributed by atoms with Crippen LogP contribution >= 0.6 is 23.1 Å². The molecule has 2 atom stereocenters. The number of rotatable bonds is 8. The van der Waals surface area contributed by atoms with Gasteiger partial charge in [-0.05, 0) is 72.8 Å². The molecule has 4 aliphatic heterocycles. The van der Waals surface area contributed by atoms with Gasteiger partial charge in [0.2, 0.25) is 5.95 Å². The quantitative estimate of drug-likeness (QED) is 0.285. The first-order chi connectivity index (χ1) is 22.2. The summed E-state index contributed by atoms with van der Waals surface area (Å²) in [7, 11) is -1.06. The number of piperidine rings is 1. The predicted octanol–water partition coefficient (Wildman–Crippen LogP) is 5.61. The van der Waals surface area contributed by atoms with Crippen molar-refractivity contribution in [3.8, 4) is 17.2 Å². The Hall–Kier alpha value is -3.05. The van der Waals surface area contributed by atoms with E-state index in [1.54, 1.807) is 26.6 Å². The molecule has 11 nitrogen and oxygen atoms in total. The zero-order chi connectivity index (χ0) is 32.0. The molecule has 3 fully saturated rings. The molecular formula is C33H42BrN6O5P. The van der Waals surface area contributed by atoms with Crippen LogP contribution in [-0.4, -0.2) is 94.0 Å². The van der Waals surface area contributed by atoms with E-state index in [1.807, 2.05) is 12.1 Å². The molecule has 4 aliphatic rings. The van der Waals surface area contributed by atoms with Gasteiger partial charge in [-0.1, -0.05) is 0 Å². The lowest BCUT2D eigenvalue weighted by Crippen LogP contribution is -2.44. The Morgan fingerprint density at radius 2 is 1.76 bits per heavy atom. The molecule has 2 aromatic carbocycles. The largest absolute Gasteiger partial charge is 0.494 e. The van der Waals surface area contributed by atoms with Gasteiger partial charge in [-0.15, -0.1) is 0 Å². The predicted molar refractivity (Wildman–Crippen MR) is 185 cm³/mol. The fourth-order valence-electron chi connectivity index (χ4n) is 7.28. The molecule has 1 aromatic heterocycles. The van der Waals surface area contributed by atoms with E-state index in [4.69, 9.17) is 23.9 Å². The van der Waals surface area contributed by atoms with Crippen molar-refractivity contribution in [3.63, 3.8) is 0 Å². The van der Waals surface area contributed by atoms with Gasteiger partial charge in [-0.3, -0.25) is 4.90 Å². The number of fused-ring (bicyclic) bond motifs is 2. The Balaban J connectivity index is 1.07. The third-order valence-electron chi connectivity index (χ3n) is 9.57. The van der Waals surface area contributed by atoms with Crippen molar-refractivity contribution in [2.75, 3.05) is 88.6 Å². The summed E-state index contributed by atoms with van der Waals surface area (Å²) in [5.41, 5.74) is 3.78. The van der Waals surface area contributed by atoms with E-state index < -0.39 is 7.14 Å². The standard InChI is InChI=1S/C33H42BrN6O5P/c1-20-13-26(29(42-2)14-27(20)39-9-7-23(8-10-39)40-16-21-18-43-19-22(21)17-40)37-33-35-15-24(34)32(38-33)36-25-5-6-28-30(45-12-11-44-28)31(25)46(3,4)41/h5-6,13-15,21-23H,7-12,16-19H2,1-4H3,(H2,35,36,37,38). The van der Waals surface area contributed by atoms with Crippen molar-refractivity contribution in [2.45, 2.75) is 25.8 Å². The van der Waals surface area contributed by atoms with E-state index in [1.165, 1.54) is 31.6 Å². The molecule has 3 saturated heterocycles. The maximum absolute atomic E-state index is 13.4. The molecule has 3 aromatic rings. The lowest BCUT2D eigenvalue weighted by atomic mass is 10.0. The number of hydrogen-bond acceptors (Lipinski definition) is 11. The zero-order valence-corrected chi connectivity index (χ0v) is 29.3. The molecular weight excluding hydrogens is 671 g/mol. The summed E-state index contributed by atoms with van der Waals surface area (Å²) in [5.74, 6) is 4.21. The maximum Gasteiger partial charge on any atom is 0.229 e. The Morgan fingerprint density at radius 3 is 2.48 bits per heavy atom. The third-order valence-corrected chi connectivity index (χ3v) is 11.7. The van der Waals surface area contributed by atoms with Crippen molar-refractivity contribution in [2.24, 2.45) is 11.8 Å². The highest BCUT2D eigenvalue weighted by atomic mass is 79.9. The van der Waals surface area contributed by atoms with Crippen molar-refractivity contribution in [1.82, 2.24) is 14.9 Å². The molecule has 0 spiro atoms. The van der Waals surface area contributed by atoms with Crippen LogP contribution in [0.25, 0.3) is 0 Å². The van der Waals surface area contributed by atoms with Crippen LogP contribution in [0.2, 0.25) is 0 Å². The van der Waals surface area contributed by atoms with Crippen LogP contribution in [-0.2, 0) is 9.30 Å². The normalized spacial score (nSPS) is 21.7. The monoisotopic (exact) mass is 712 g/mol. The number of likely N-dealkylation sites (tertiary alicyclic amines) is 1. The Labute approximate surface area is 278 Å². The summed E-state index contributed by atoms with van der Waals surface area (Å²) in [5, 5.41) is 7.32. The average molecular weight is 714 g/mol. The lowest BCUT2D eigenvalue weighted by Gasteiger charge is -2.39. The minimum atomic E-state index is -2.75. The van der Waals surface area contributed by atoms with Gasteiger partial charge in [0.05, 0.1) is 41.5 Å². The van der Waals surface area contributed by atoms with Gasteiger partial charge in [-0.25, -0.2) is 4.98 Å². The topological polar surface area (TPSA) is 110 Å². The highest BCUT2D eigenvalue weighted by Gasteiger charge is 2.40. The van der Waals surface area contributed by atoms with Gasteiger partial charge in [0.1, 0.15) is 31.9 Å². The SMILES string of the molecule is COc1cc(N2CCC(N3CC4COCC4C3)CC2)c(C)cc1Nc1ncc(Br)c(Nc2ccc3c(c2P(C)(C)=O)OCCO3)n1. The van der Waals surface area contributed by atoms with Crippen LogP contribution in [0.3, 0.4) is 0 Å². The number of nitrogens with zero attached hydrogens (tertiary/aromatic N) is 4. The Morgan fingerprint density at radius 1 is 1.02 bits per heavy atom. The molecule has 13 heteroatoms. The highest BCUT2D eigenvalue weighted by Crippen LogP contribution is 2.47. The second-order valence-electron chi connectivity index (χ2n) is 13.0. The average Bonchev–Trinajstić information content (AvgIpc) is 3.65. The van der Waals surface area contributed by atoms with Crippen LogP contribution < -0.4 is 35.0 Å². The number of anilines is 5.